The minimum Gasteiger partial charge on any atom is -0.366 e. The van der Waals surface area contributed by atoms with Gasteiger partial charge in [0.15, 0.2) is 5.69 Å². The number of hydrogen-bond donors (Lipinski definition) is 3. The summed E-state index contributed by atoms with van der Waals surface area (Å²) in [6.45, 7) is 3.67. The maximum Gasteiger partial charge on any atom is 0.277 e. The maximum atomic E-state index is 12.6. The lowest BCUT2D eigenvalue weighted by Crippen LogP contribution is -2.14. The highest BCUT2D eigenvalue weighted by Crippen LogP contribution is 2.29. The molecule has 0 unspecified atom stereocenters. The van der Waals surface area contributed by atoms with Crippen LogP contribution in [0.2, 0.25) is 0 Å². The highest BCUT2D eigenvalue weighted by molar-refractivity contribution is 7.16. The molecule has 1 aromatic carbocycles. The molecule has 0 atom stereocenters. The van der Waals surface area contributed by atoms with E-state index in [1.54, 1.807) is 42.6 Å². The van der Waals surface area contributed by atoms with E-state index in [0.717, 1.165) is 10.7 Å². The van der Waals surface area contributed by atoms with E-state index in [9.17, 15) is 9.59 Å². The number of thiazole rings is 1. The first kappa shape index (κ1) is 17.6. The van der Waals surface area contributed by atoms with E-state index in [-0.39, 0.29) is 11.6 Å². The number of primary amides is 1. The summed E-state index contributed by atoms with van der Waals surface area (Å²) in [6, 6.07) is 10.3. The Balaban J connectivity index is 1.85. The van der Waals surface area contributed by atoms with Crippen LogP contribution in [0.5, 0.6) is 0 Å². The summed E-state index contributed by atoms with van der Waals surface area (Å²) in [5.74, 6) is -0.839. The number of amides is 2. The summed E-state index contributed by atoms with van der Waals surface area (Å²) < 4.78 is 0. The van der Waals surface area contributed by atoms with Crippen LogP contribution in [-0.4, -0.2) is 21.8 Å². The third-order valence-corrected chi connectivity index (χ3v) is 4.39. The third kappa shape index (κ3) is 4.04. The molecule has 0 bridgehead atoms. The SMILES string of the molecule is Cc1cc(NC(=O)c2nc(C)sc2Nc2cccc(C(N)=O)c2)ccn1. The van der Waals surface area contributed by atoms with Crippen LogP contribution < -0.4 is 16.4 Å². The number of rotatable bonds is 5. The van der Waals surface area contributed by atoms with Gasteiger partial charge in [-0.3, -0.25) is 14.6 Å². The van der Waals surface area contributed by atoms with Crippen LogP contribution in [0, 0.1) is 13.8 Å². The molecule has 132 valence electrons. The second-order valence-corrected chi connectivity index (χ2v) is 6.82. The van der Waals surface area contributed by atoms with E-state index < -0.39 is 5.91 Å². The van der Waals surface area contributed by atoms with Gasteiger partial charge in [0, 0.05) is 28.8 Å². The number of anilines is 3. The normalized spacial score (nSPS) is 10.4. The van der Waals surface area contributed by atoms with Crippen molar-refractivity contribution in [3.05, 3.63) is 64.6 Å². The molecule has 0 radical (unpaired) electrons. The number of nitrogens with zero attached hydrogens (tertiary/aromatic N) is 2. The summed E-state index contributed by atoms with van der Waals surface area (Å²) in [4.78, 5) is 32.4. The second kappa shape index (κ2) is 7.32. The largest absolute Gasteiger partial charge is 0.366 e. The minimum atomic E-state index is -0.514. The molecule has 0 saturated carbocycles. The number of hydrogen-bond acceptors (Lipinski definition) is 6. The monoisotopic (exact) mass is 367 g/mol. The predicted molar refractivity (Wildman–Crippen MR) is 102 cm³/mol. The Hall–Kier alpha value is -3.26. The predicted octanol–water partition coefficient (Wildman–Crippen LogP) is 3.25. The van der Waals surface area contributed by atoms with Gasteiger partial charge in [-0.2, -0.15) is 0 Å². The number of benzene rings is 1. The average molecular weight is 367 g/mol. The Morgan fingerprint density at radius 3 is 2.65 bits per heavy atom. The fourth-order valence-corrected chi connectivity index (χ4v) is 3.20. The lowest BCUT2D eigenvalue weighted by molar-refractivity contribution is 0.0997. The van der Waals surface area contributed by atoms with Gasteiger partial charge in [-0.1, -0.05) is 6.07 Å². The highest BCUT2D eigenvalue weighted by Gasteiger charge is 2.18. The van der Waals surface area contributed by atoms with Gasteiger partial charge in [-0.15, -0.1) is 11.3 Å². The standard InChI is InChI=1S/C18H17N5O2S/c1-10-8-14(6-7-20-10)22-17(25)15-18(26-11(2)21-15)23-13-5-3-4-12(9-13)16(19)24/h3-9,23H,1-2H3,(H2,19,24)(H,20,22,25). The van der Waals surface area contributed by atoms with Gasteiger partial charge in [0.05, 0.1) is 5.01 Å². The highest BCUT2D eigenvalue weighted by atomic mass is 32.1. The molecule has 0 aliphatic heterocycles. The van der Waals surface area contributed by atoms with Gasteiger partial charge in [0.2, 0.25) is 5.91 Å². The van der Waals surface area contributed by atoms with Crippen molar-refractivity contribution < 1.29 is 9.59 Å². The van der Waals surface area contributed by atoms with Crippen molar-refractivity contribution in [1.82, 2.24) is 9.97 Å². The van der Waals surface area contributed by atoms with Crippen LogP contribution in [-0.2, 0) is 0 Å². The first-order valence-electron chi connectivity index (χ1n) is 7.80. The molecule has 0 fully saturated rings. The molecule has 8 heteroatoms. The Morgan fingerprint density at radius 1 is 1.12 bits per heavy atom. The van der Waals surface area contributed by atoms with Crippen LogP contribution in [0.3, 0.4) is 0 Å². The zero-order valence-electron chi connectivity index (χ0n) is 14.2. The van der Waals surface area contributed by atoms with Crippen LogP contribution in [0.1, 0.15) is 31.5 Å². The van der Waals surface area contributed by atoms with Crippen molar-refractivity contribution in [2.24, 2.45) is 5.73 Å². The van der Waals surface area contributed by atoms with E-state index in [1.807, 2.05) is 13.8 Å². The molecule has 0 aliphatic carbocycles. The quantitative estimate of drug-likeness (QED) is 0.641. The topological polar surface area (TPSA) is 110 Å². The molecule has 2 amide bonds. The molecule has 0 saturated heterocycles. The number of nitrogens with two attached hydrogens (primary N) is 1. The van der Waals surface area contributed by atoms with Gasteiger partial charge in [-0.05, 0) is 44.2 Å². The van der Waals surface area contributed by atoms with Crippen molar-refractivity contribution in [3.63, 3.8) is 0 Å². The molecule has 3 rings (SSSR count). The molecule has 4 N–H and O–H groups in total. The molecule has 0 aliphatic rings. The summed E-state index contributed by atoms with van der Waals surface area (Å²) >= 11 is 1.35. The van der Waals surface area contributed by atoms with Crippen molar-refractivity contribution in [1.29, 1.82) is 0 Å². The van der Waals surface area contributed by atoms with E-state index >= 15 is 0 Å². The molecule has 2 aromatic heterocycles. The fourth-order valence-electron chi connectivity index (χ4n) is 2.36. The smallest absolute Gasteiger partial charge is 0.277 e. The first-order valence-corrected chi connectivity index (χ1v) is 8.62. The number of nitrogens with one attached hydrogen (secondary N) is 2. The van der Waals surface area contributed by atoms with Gasteiger partial charge in [0.1, 0.15) is 5.00 Å². The van der Waals surface area contributed by atoms with Gasteiger partial charge in [-0.25, -0.2) is 4.98 Å². The molecule has 7 nitrogen and oxygen atoms in total. The minimum absolute atomic E-state index is 0.284. The maximum absolute atomic E-state index is 12.6. The van der Waals surface area contributed by atoms with Crippen molar-refractivity contribution in [2.75, 3.05) is 10.6 Å². The van der Waals surface area contributed by atoms with Crippen LogP contribution in [0.25, 0.3) is 0 Å². The second-order valence-electron chi connectivity index (χ2n) is 5.62. The molecule has 26 heavy (non-hydrogen) atoms. The Labute approximate surface area is 154 Å². The molecule has 0 spiro atoms. The van der Waals surface area contributed by atoms with Gasteiger partial charge >= 0.3 is 0 Å². The summed E-state index contributed by atoms with van der Waals surface area (Å²) in [5.41, 5.74) is 8.08. The summed E-state index contributed by atoms with van der Waals surface area (Å²) in [6.07, 6.45) is 1.63. The molecular weight excluding hydrogens is 350 g/mol. The molecular formula is C18H17N5O2S. The molecule has 3 aromatic rings. The van der Waals surface area contributed by atoms with Crippen LogP contribution in [0.4, 0.5) is 16.4 Å². The summed E-state index contributed by atoms with van der Waals surface area (Å²) in [7, 11) is 0. The van der Waals surface area contributed by atoms with Crippen molar-refractivity contribution in [2.45, 2.75) is 13.8 Å². The molecule has 2 heterocycles. The number of pyridine rings is 1. The van der Waals surface area contributed by atoms with Crippen LogP contribution in [0.15, 0.2) is 42.6 Å². The van der Waals surface area contributed by atoms with Gasteiger partial charge < -0.3 is 16.4 Å². The van der Waals surface area contributed by atoms with E-state index in [4.69, 9.17) is 5.73 Å². The van der Waals surface area contributed by atoms with Gasteiger partial charge in [0.25, 0.3) is 5.91 Å². The number of carbonyl (C=O) groups excluding carboxylic acids is 2. The first-order chi connectivity index (χ1) is 12.4. The Morgan fingerprint density at radius 2 is 1.92 bits per heavy atom. The van der Waals surface area contributed by atoms with Crippen LogP contribution >= 0.6 is 11.3 Å². The number of aryl methyl sites for hydroxylation is 2. The zero-order chi connectivity index (χ0) is 18.7. The fraction of sp³-hybridized carbons (Fsp3) is 0.111. The van der Waals surface area contributed by atoms with E-state index in [1.165, 1.54) is 11.3 Å². The van der Waals surface area contributed by atoms with Crippen molar-refractivity contribution >= 4 is 39.5 Å². The number of carbonyl (C=O) groups is 2. The Bertz CT molecular complexity index is 983. The van der Waals surface area contributed by atoms with Crippen molar-refractivity contribution in [3.8, 4) is 0 Å². The third-order valence-electron chi connectivity index (χ3n) is 3.51. The number of aromatic nitrogens is 2. The summed E-state index contributed by atoms with van der Waals surface area (Å²) in [5, 5.41) is 7.30. The van der Waals surface area contributed by atoms with E-state index in [0.29, 0.717) is 21.9 Å². The van der Waals surface area contributed by atoms with E-state index in [2.05, 4.69) is 20.6 Å². The average Bonchev–Trinajstić information content (AvgIpc) is 2.95. The lowest BCUT2D eigenvalue weighted by atomic mass is 10.2. The zero-order valence-corrected chi connectivity index (χ0v) is 15.1. The Kier molecular flexibility index (Phi) is 4.94. The lowest BCUT2D eigenvalue weighted by Gasteiger charge is -2.08.